The molecule has 4 rings (SSSR count). The highest BCUT2D eigenvalue weighted by molar-refractivity contribution is 7.12. The van der Waals surface area contributed by atoms with Crippen molar-refractivity contribution in [3.63, 3.8) is 0 Å². The van der Waals surface area contributed by atoms with Crippen LogP contribution in [0.3, 0.4) is 0 Å². The summed E-state index contributed by atoms with van der Waals surface area (Å²) in [5.41, 5.74) is 2.93. The fourth-order valence-electron chi connectivity index (χ4n) is 2.48. The van der Waals surface area contributed by atoms with Crippen LogP contribution in [-0.4, -0.2) is 14.8 Å². The Hall–Kier alpha value is -2.01. The van der Waals surface area contributed by atoms with Crippen LogP contribution in [0.2, 0.25) is 0 Å². The van der Waals surface area contributed by atoms with Crippen molar-refractivity contribution in [2.24, 2.45) is 0 Å². The molecule has 0 amide bonds. The van der Waals surface area contributed by atoms with Crippen molar-refractivity contribution in [2.75, 3.05) is 0 Å². The second kappa shape index (κ2) is 4.24. The minimum atomic E-state index is -0.0340. The van der Waals surface area contributed by atoms with Gasteiger partial charge in [-0.25, -0.2) is 9.67 Å². The van der Waals surface area contributed by atoms with Gasteiger partial charge in [0, 0.05) is 11.3 Å². The maximum atomic E-state index is 12.0. The van der Waals surface area contributed by atoms with E-state index >= 15 is 0 Å². The van der Waals surface area contributed by atoms with Gasteiger partial charge >= 0.3 is 0 Å². The van der Waals surface area contributed by atoms with Crippen LogP contribution >= 0.6 is 11.3 Å². The lowest BCUT2D eigenvalue weighted by molar-refractivity contribution is 0.857. The van der Waals surface area contributed by atoms with Gasteiger partial charge in [-0.05, 0) is 31.4 Å². The molecule has 0 saturated heterocycles. The van der Waals surface area contributed by atoms with E-state index in [0.29, 0.717) is 5.92 Å². The van der Waals surface area contributed by atoms with Gasteiger partial charge in [0.25, 0.3) is 0 Å². The Morgan fingerprint density at radius 1 is 1.35 bits per heavy atom. The number of thiazole rings is 1. The second-order valence-electron chi connectivity index (χ2n) is 5.22. The zero-order chi connectivity index (χ0) is 13.7. The molecule has 5 heteroatoms. The Morgan fingerprint density at radius 3 is 3.00 bits per heavy atom. The molecule has 2 heterocycles. The average Bonchev–Trinajstić information content (AvgIpc) is 3.18. The summed E-state index contributed by atoms with van der Waals surface area (Å²) in [5, 5.41) is 7.93. The van der Waals surface area contributed by atoms with Crippen LogP contribution in [0.4, 0.5) is 0 Å². The van der Waals surface area contributed by atoms with Crippen molar-refractivity contribution in [3.8, 4) is 5.13 Å². The maximum absolute atomic E-state index is 12.0. The molecular formula is C15H13N3OS. The van der Waals surface area contributed by atoms with Gasteiger partial charge in [-0.1, -0.05) is 12.1 Å². The standard InChI is InChI=1S/C15H13N3OS/c1-9-3-2-4-12-14(9)13(19)7-16-18(12)15-17-11(8-20-15)10-5-6-10/h2-4,7-8,10H,5-6H2,1H3. The van der Waals surface area contributed by atoms with Crippen LogP contribution in [0, 0.1) is 6.92 Å². The van der Waals surface area contributed by atoms with Gasteiger partial charge < -0.3 is 0 Å². The first-order valence-corrected chi connectivity index (χ1v) is 7.55. The Bertz CT molecular complexity index is 861. The molecule has 0 spiro atoms. The molecule has 0 aliphatic heterocycles. The number of hydrogen-bond acceptors (Lipinski definition) is 4. The van der Waals surface area contributed by atoms with Gasteiger partial charge in [-0.2, -0.15) is 5.10 Å². The zero-order valence-corrected chi connectivity index (χ0v) is 11.9. The van der Waals surface area contributed by atoms with E-state index in [4.69, 9.17) is 0 Å². The minimum absolute atomic E-state index is 0.0340. The van der Waals surface area contributed by atoms with Crippen molar-refractivity contribution >= 4 is 22.2 Å². The molecule has 0 bridgehead atoms. The molecule has 0 N–H and O–H groups in total. The molecule has 1 fully saturated rings. The lowest BCUT2D eigenvalue weighted by atomic mass is 10.1. The number of hydrogen-bond donors (Lipinski definition) is 0. The first-order valence-electron chi connectivity index (χ1n) is 6.67. The molecule has 1 aliphatic carbocycles. The fourth-order valence-corrected chi connectivity index (χ4v) is 3.35. The topological polar surface area (TPSA) is 47.8 Å². The molecule has 2 aromatic heterocycles. The Morgan fingerprint density at radius 2 is 2.20 bits per heavy atom. The second-order valence-corrected chi connectivity index (χ2v) is 6.06. The van der Waals surface area contributed by atoms with E-state index in [-0.39, 0.29) is 5.43 Å². The van der Waals surface area contributed by atoms with Crippen molar-refractivity contribution in [1.82, 2.24) is 14.8 Å². The predicted octanol–water partition coefficient (Wildman–Crippen LogP) is 3.03. The third-order valence-corrected chi connectivity index (χ3v) is 4.54. The van der Waals surface area contributed by atoms with E-state index in [1.54, 1.807) is 16.0 Å². The maximum Gasteiger partial charge on any atom is 0.211 e. The predicted molar refractivity (Wildman–Crippen MR) is 79.7 cm³/mol. The SMILES string of the molecule is Cc1cccc2c1c(=O)cnn2-c1nc(C2CC2)cs1. The smallest absolute Gasteiger partial charge is 0.211 e. The molecule has 1 saturated carbocycles. The first-order chi connectivity index (χ1) is 9.74. The van der Waals surface area contributed by atoms with Gasteiger partial charge in [-0.3, -0.25) is 4.79 Å². The number of aryl methyl sites for hydroxylation is 1. The third kappa shape index (κ3) is 1.78. The molecule has 0 unspecified atom stereocenters. The zero-order valence-electron chi connectivity index (χ0n) is 11.0. The number of nitrogens with zero attached hydrogens (tertiary/aromatic N) is 3. The van der Waals surface area contributed by atoms with Gasteiger partial charge in [0.2, 0.25) is 10.6 Å². The monoisotopic (exact) mass is 283 g/mol. The highest BCUT2D eigenvalue weighted by Gasteiger charge is 2.26. The number of rotatable bonds is 2. The highest BCUT2D eigenvalue weighted by atomic mass is 32.1. The lowest BCUT2D eigenvalue weighted by Gasteiger charge is -2.07. The van der Waals surface area contributed by atoms with E-state index < -0.39 is 0 Å². The van der Waals surface area contributed by atoms with Crippen molar-refractivity contribution < 1.29 is 0 Å². The van der Waals surface area contributed by atoms with Crippen molar-refractivity contribution in [3.05, 3.63) is 51.3 Å². The normalized spacial score (nSPS) is 14.8. The van der Waals surface area contributed by atoms with Crippen LogP contribution in [0.1, 0.15) is 30.0 Å². The van der Waals surface area contributed by atoms with E-state index in [1.807, 2.05) is 25.1 Å². The third-order valence-electron chi connectivity index (χ3n) is 3.70. The van der Waals surface area contributed by atoms with Gasteiger partial charge in [0.15, 0.2) is 0 Å². The molecule has 1 aromatic carbocycles. The van der Waals surface area contributed by atoms with Crippen LogP contribution in [0.25, 0.3) is 16.0 Å². The summed E-state index contributed by atoms with van der Waals surface area (Å²) in [7, 11) is 0. The van der Waals surface area contributed by atoms with E-state index in [1.165, 1.54) is 19.0 Å². The minimum Gasteiger partial charge on any atom is -0.287 e. The number of benzene rings is 1. The van der Waals surface area contributed by atoms with E-state index in [2.05, 4.69) is 15.5 Å². The summed E-state index contributed by atoms with van der Waals surface area (Å²) in [4.78, 5) is 16.7. The Balaban J connectivity index is 1.97. The Labute approximate surface area is 119 Å². The van der Waals surface area contributed by atoms with Crippen LogP contribution in [0.5, 0.6) is 0 Å². The van der Waals surface area contributed by atoms with E-state index in [9.17, 15) is 4.79 Å². The summed E-state index contributed by atoms with van der Waals surface area (Å²) >= 11 is 1.58. The van der Waals surface area contributed by atoms with Crippen molar-refractivity contribution in [2.45, 2.75) is 25.7 Å². The Kier molecular flexibility index (Phi) is 2.50. The molecule has 0 atom stereocenters. The average molecular weight is 283 g/mol. The molecule has 0 radical (unpaired) electrons. The van der Waals surface area contributed by atoms with Gasteiger partial charge in [0.05, 0.1) is 22.8 Å². The summed E-state index contributed by atoms with van der Waals surface area (Å²) in [6, 6.07) is 5.82. The molecular weight excluding hydrogens is 270 g/mol. The van der Waals surface area contributed by atoms with Crippen molar-refractivity contribution in [1.29, 1.82) is 0 Å². The van der Waals surface area contributed by atoms with Gasteiger partial charge in [0.1, 0.15) is 0 Å². The van der Waals surface area contributed by atoms with Gasteiger partial charge in [-0.15, -0.1) is 11.3 Å². The summed E-state index contributed by atoms with van der Waals surface area (Å²) in [5.74, 6) is 0.632. The lowest BCUT2D eigenvalue weighted by Crippen LogP contribution is -2.11. The molecule has 20 heavy (non-hydrogen) atoms. The van der Waals surface area contributed by atoms with Crippen LogP contribution < -0.4 is 5.43 Å². The molecule has 4 nitrogen and oxygen atoms in total. The number of aromatic nitrogens is 3. The summed E-state index contributed by atoms with van der Waals surface area (Å²) in [6.07, 6.45) is 3.86. The summed E-state index contributed by atoms with van der Waals surface area (Å²) < 4.78 is 1.78. The van der Waals surface area contributed by atoms with Crippen LogP contribution in [0.15, 0.2) is 34.6 Å². The molecule has 100 valence electrons. The molecule has 3 aromatic rings. The fraction of sp³-hybridized carbons (Fsp3) is 0.267. The van der Waals surface area contributed by atoms with Crippen LogP contribution in [-0.2, 0) is 0 Å². The first kappa shape index (κ1) is 11.8. The molecule has 1 aliphatic rings. The largest absolute Gasteiger partial charge is 0.287 e. The summed E-state index contributed by atoms with van der Waals surface area (Å²) in [6.45, 7) is 1.95. The quantitative estimate of drug-likeness (QED) is 0.726. The van der Waals surface area contributed by atoms with E-state index in [0.717, 1.165) is 27.3 Å². The highest BCUT2D eigenvalue weighted by Crippen LogP contribution is 2.40. The number of fused-ring (bicyclic) bond motifs is 1.